The minimum absolute atomic E-state index is 0.220. The number of nitrogens with one attached hydrogen (secondary N) is 1. The molecule has 1 aromatic carbocycles. The average molecular weight is 299 g/mol. The van der Waals surface area contributed by atoms with E-state index in [1.807, 2.05) is 11.9 Å². The fourth-order valence-electron chi connectivity index (χ4n) is 2.23. The van der Waals surface area contributed by atoms with Crippen LogP contribution >= 0.6 is 0 Å². The van der Waals surface area contributed by atoms with Gasteiger partial charge in [0.2, 0.25) is 10.0 Å². The van der Waals surface area contributed by atoms with Crippen LogP contribution in [0.25, 0.3) is 0 Å². The van der Waals surface area contributed by atoms with Gasteiger partial charge in [0.1, 0.15) is 4.90 Å². The Labute approximate surface area is 122 Å². The summed E-state index contributed by atoms with van der Waals surface area (Å²) in [6.45, 7) is 6.39. The van der Waals surface area contributed by atoms with Gasteiger partial charge in [0, 0.05) is 18.8 Å². The van der Waals surface area contributed by atoms with Crippen LogP contribution in [0.3, 0.4) is 0 Å². The maximum Gasteiger partial charge on any atom is 0.242 e. The van der Waals surface area contributed by atoms with Crippen molar-refractivity contribution in [2.75, 3.05) is 24.7 Å². The van der Waals surface area contributed by atoms with Crippen LogP contribution in [0.2, 0.25) is 0 Å². The Bertz CT molecular complexity index is 556. The van der Waals surface area contributed by atoms with Gasteiger partial charge in [-0.3, -0.25) is 0 Å². The lowest BCUT2D eigenvalue weighted by Crippen LogP contribution is -2.32. The van der Waals surface area contributed by atoms with E-state index in [1.165, 1.54) is 13.1 Å². The largest absolute Gasteiger partial charge is 0.399 e. The van der Waals surface area contributed by atoms with Gasteiger partial charge in [-0.05, 0) is 44.5 Å². The van der Waals surface area contributed by atoms with Crippen molar-refractivity contribution >= 4 is 21.4 Å². The lowest BCUT2D eigenvalue weighted by atomic mass is 10.0. The molecule has 0 aliphatic heterocycles. The van der Waals surface area contributed by atoms with Crippen molar-refractivity contribution in [3.63, 3.8) is 0 Å². The van der Waals surface area contributed by atoms with Gasteiger partial charge < -0.3 is 10.6 Å². The monoisotopic (exact) mass is 299 g/mol. The van der Waals surface area contributed by atoms with E-state index in [-0.39, 0.29) is 10.9 Å². The van der Waals surface area contributed by atoms with E-state index in [2.05, 4.69) is 25.5 Å². The summed E-state index contributed by atoms with van der Waals surface area (Å²) in [5.74, 6) is 0.547. The molecule has 5 nitrogen and oxygen atoms in total. The maximum atomic E-state index is 12.1. The molecule has 1 atom stereocenters. The highest BCUT2D eigenvalue weighted by Gasteiger charge is 2.22. The Hall–Kier alpha value is -1.27. The van der Waals surface area contributed by atoms with Crippen LogP contribution in [0.5, 0.6) is 0 Å². The topological polar surface area (TPSA) is 75.4 Å². The normalized spacial score (nSPS) is 13.5. The molecule has 0 radical (unpaired) electrons. The van der Waals surface area contributed by atoms with E-state index in [9.17, 15) is 8.42 Å². The van der Waals surface area contributed by atoms with Gasteiger partial charge in [0.15, 0.2) is 0 Å². The molecule has 0 saturated heterocycles. The molecule has 1 aromatic rings. The number of rotatable bonds is 6. The van der Waals surface area contributed by atoms with Gasteiger partial charge in [-0.25, -0.2) is 13.1 Å². The molecule has 0 aliphatic carbocycles. The molecule has 114 valence electrons. The zero-order valence-corrected chi connectivity index (χ0v) is 13.7. The third-order valence-corrected chi connectivity index (χ3v) is 4.84. The summed E-state index contributed by atoms with van der Waals surface area (Å²) < 4.78 is 26.6. The molecule has 0 aromatic heterocycles. The first kappa shape index (κ1) is 16.8. The first-order valence-corrected chi connectivity index (χ1v) is 8.23. The zero-order valence-electron chi connectivity index (χ0n) is 12.8. The molecule has 0 aliphatic rings. The number of hydrogen-bond acceptors (Lipinski definition) is 4. The summed E-state index contributed by atoms with van der Waals surface area (Å²) in [5, 5.41) is 0. The number of benzene rings is 1. The van der Waals surface area contributed by atoms with Crippen molar-refractivity contribution in [3.05, 3.63) is 18.2 Å². The van der Waals surface area contributed by atoms with Gasteiger partial charge in [0.05, 0.1) is 5.69 Å². The van der Waals surface area contributed by atoms with E-state index >= 15 is 0 Å². The fourth-order valence-corrected chi connectivity index (χ4v) is 3.22. The third-order valence-electron chi connectivity index (χ3n) is 3.40. The van der Waals surface area contributed by atoms with Crippen molar-refractivity contribution in [1.29, 1.82) is 0 Å². The van der Waals surface area contributed by atoms with Crippen LogP contribution in [-0.4, -0.2) is 28.6 Å². The van der Waals surface area contributed by atoms with Crippen molar-refractivity contribution in [2.24, 2.45) is 5.92 Å². The Morgan fingerprint density at radius 1 is 1.30 bits per heavy atom. The van der Waals surface area contributed by atoms with Crippen LogP contribution in [0, 0.1) is 5.92 Å². The first-order valence-electron chi connectivity index (χ1n) is 6.75. The molecule has 0 amide bonds. The molecule has 0 saturated carbocycles. The van der Waals surface area contributed by atoms with Gasteiger partial charge in [-0.1, -0.05) is 13.8 Å². The van der Waals surface area contributed by atoms with Crippen molar-refractivity contribution in [3.8, 4) is 0 Å². The van der Waals surface area contributed by atoms with E-state index in [0.29, 0.717) is 17.3 Å². The van der Waals surface area contributed by atoms with Crippen LogP contribution in [0.1, 0.15) is 27.2 Å². The highest BCUT2D eigenvalue weighted by Crippen LogP contribution is 2.29. The number of nitrogens with two attached hydrogens (primary N) is 1. The Morgan fingerprint density at radius 2 is 1.90 bits per heavy atom. The van der Waals surface area contributed by atoms with E-state index in [0.717, 1.165) is 6.42 Å². The molecule has 0 fully saturated rings. The molecule has 1 unspecified atom stereocenters. The molecule has 0 heterocycles. The summed E-state index contributed by atoms with van der Waals surface area (Å²) in [6, 6.07) is 5.23. The molecular formula is C14H25N3O2S. The summed E-state index contributed by atoms with van der Waals surface area (Å²) in [6.07, 6.45) is 0.986. The number of hydrogen-bond donors (Lipinski definition) is 2. The SMILES string of the molecule is CNS(=O)(=O)c1cc(N)ccc1N(C)C(C)CC(C)C. The Morgan fingerprint density at radius 3 is 2.40 bits per heavy atom. The molecule has 0 bridgehead atoms. The van der Waals surface area contributed by atoms with Crippen molar-refractivity contribution in [2.45, 2.75) is 38.1 Å². The molecule has 20 heavy (non-hydrogen) atoms. The Balaban J connectivity index is 3.25. The third kappa shape index (κ3) is 3.86. The smallest absolute Gasteiger partial charge is 0.242 e. The molecule has 3 N–H and O–H groups in total. The first-order chi connectivity index (χ1) is 9.19. The van der Waals surface area contributed by atoms with Crippen LogP contribution in [0.15, 0.2) is 23.1 Å². The highest BCUT2D eigenvalue weighted by atomic mass is 32.2. The molecule has 0 spiro atoms. The number of nitrogens with zero attached hydrogens (tertiary/aromatic N) is 1. The lowest BCUT2D eigenvalue weighted by molar-refractivity contribution is 0.502. The van der Waals surface area contributed by atoms with Crippen LogP contribution in [0.4, 0.5) is 11.4 Å². The van der Waals surface area contributed by atoms with Gasteiger partial charge in [-0.2, -0.15) is 0 Å². The van der Waals surface area contributed by atoms with Crippen LogP contribution in [-0.2, 0) is 10.0 Å². The zero-order chi connectivity index (χ0) is 15.5. The van der Waals surface area contributed by atoms with Gasteiger partial charge >= 0.3 is 0 Å². The summed E-state index contributed by atoms with van der Waals surface area (Å²) in [5.41, 5.74) is 6.83. The summed E-state index contributed by atoms with van der Waals surface area (Å²) >= 11 is 0. The molecular weight excluding hydrogens is 274 g/mol. The number of anilines is 2. The summed E-state index contributed by atoms with van der Waals surface area (Å²) in [7, 11) is -0.217. The van der Waals surface area contributed by atoms with Crippen molar-refractivity contribution < 1.29 is 8.42 Å². The second-order valence-corrected chi connectivity index (χ2v) is 7.38. The van der Waals surface area contributed by atoms with Crippen LogP contribution < -0.4 is 15.4 Å². The lowest BCUT2D eigenvalue weighted by Gasteiger charge is -2.30. The number of nitrogen functional groups attached to an aromatic ring is 1. The maximum absolute atomic E-state index is 12.1. The molecule has 1 rings (SSSR count). The van der Waals surface area contributed by atoms with E-state index < -0.39 is 10.0 Å². The standard InChI is InChI=1S/C14H25N3O2S/c1-10(2)8-11(3)17(5)13-7-6-12(15)9-14(13)20(18,19)16-4/h6-7,9-11,16H,8,15H2,1-5H3. The Kier molecular flexibility index (Phi) is 5.42. The second kappa shape index (κ2) is 6.45. The molecule has 6 heteroatoms. The number of sulfonamides is 1. The predicted octanol–water partition coefficient (Wildman–Crippen LogP) is 2.05. The predicted molar refractivity (Wildman–Crippen MR) is 84.4 cm³/mol. The fraction of sp³-hybridized carbons (Fsp3) is 0.571. The van der Waals surface area contributed by atoms with Gasteiger partial charge in [-0.15, -0.1) is 0 Å². The van der Waals surface area contributed by atoms with Gasteiger partial charge in [0.25, 0.3) is 0 Å². The minimum atomic E-state index is -3.53. The van der Waals surface area contributed by atoms with Crippen molar-refractivity contribution in [1.82, 2.24) is 4.72 Å². The summed E-state index contributed by atoms with van der Waals surface area (Å²) in [4.78, 5) is 2.21. The average Bonchev–Trinajstić information content (AvgIpc) is 2.37. The quantitative estimate of drug-likeness (QED) is 0.788. The van der Waals surface area contributed by atoms with E-state index in [4.69, 9.17) is 5.73 Å². The highest BCUT2D eigenvalue weighted by molar-refractivity contribution is 7.89. The minimum Gasteiger partial charge on any atom is -0.399 e. The second-order valence-electron chi connectivity index (χ2n) is 5.52. The van der Waals surface area contributed by atoms with E-state index in [1.54, 1.807) is 12.1 Å².